The first kappa shape index (κ1) is 15.8. The molecule has 0 aromatic carbocycles. The molecule has 2 aromatic heterocycles. The fourth-order valence-corrected chi connectivity index (χ4v) is 4.74. The average Bonchev–Trinajstić information content (AvgIpc) is 2.88. The number of piperidine rings is 1. The third kappa shape index (κ3) is 3.24. The minimum Gasteiger partial charge on any atom is -0.347 e. The number of hydrogen-bond donors (Lipinski definition) is 0. The SMILES string of the molecule is O=C([C@H]1CCCN(c2nc3cccnc3s2)C1)N1CCCCCC1. The lowest BCUT2D eigenvalue weighted by atomic mass is 9.96. The molecule has 5 nitrogen and oxygen atoms in total. The Morgan fingerprint density at radius 3 is 2.75 bits per heavy atom. The maximum Gasteiger partial charge on any atom is 0.227 e. The molecule has 2 aliphatic heterocycles. The van der Waals surface area contributed by atoms with Gasteiger partial charge < -0.3 is 9.80 Å². The first-order chi connectivity index (χ1) is 11.8. The molecular weight excluding hydrogens is 320 g/mol. The van der Waals surface area contributed by atoms with Gasteiger partial charge in [0.2, 0.25) is 5.91 Å². The molecular formula is C18H24N4OS. The Bertz CT molecular complexity index is 675. The zero-order valence-electron chi connectivity index (χ0n) is 14.0. The molecule has 0 saturated carbocycles. The molecule has 0 spiro atoms. The van der Waals surface area contributed by atoms with Gasteiger partial charge in [-0.25, -0.2) is 9.97 Å². The summed E-state index contributed by atoms with van der Waals surface area (Å²) < 4.78 is 0. The van der Waals surface area contributed by atoms with Crippen molar-refractivity contribution in [3.05, 3.63) is 18.3 Å². The minimum atomic E-state index is 0.122. The van der Waals surface area contributed by atoms with Crippen LogP contribution in [0.2, 0.25) is 0 Å². The van der Waals surface area contributed by atoms with E-state index in [1.165, 1.54) is 12.8 Å². The Labute approximate surface area is 146 Å². The van der Waals surface area contributed by atoms with Gasteiger partial charge in [-0.3, -0.25) is 4.79 Å². The molecule has 2 aromatic rings. The number of fused-ring (bicyclic) bond motifs is 1. The average molecular weight is 344 g/mol. The summed E-state index contributed by atoms with van der Waals surface area (Å²) in [6.45, 7) is 3.68. The quantitative estimate of drug-likeness (QED) is 0.839. The van der Waals surface area contributed by atoms with Gasteiger partial charge in [0.05, 0.1) is 5.92 Å². The lowest BCUT2D eigenvalue weighted by Gasteiger charge is -2.34. The van der Waals surface area contributed by atoms with Gasteiger partial charge >= 0.3 is 0 Å². The first-order valence-corrected chi connectivity index (χ1v) is 9.88. The van der Waals surface area contributed by atoms with Crippen LogP contribution in [0.25, 0.3) is 10.3 Å². The molecule has 4 rings (SSSR count). The molecule has 128 valence electrons. The van der Waals surface area contributed by atoms with E-state index in [-0.39, 0.29) is 5.92 Å². The predicted molar refractivity (Wildman–Crippen MR) is 97.4 cm³/mol. The number of likely N-dealkylation sites (tertiary alicyclic amines) is 1. The van der Waals surface area contributed by atoms with E-state index < -0.39 is 0 Å². The van der Waals surface area contributed by atoms with Crippen LogP contribution in [0.3, 0.4) is 0 Å². The fraction of sp³-hybridized carbons (Fsp3) is 0.611. The summed E-state index contributed by atoms with van der Waals surface area (Å²) in [5.74, 6) is 0.484. The molecule has 0 N–H and O–H groups in total. The Morgan fingerprint density at radius 1 is 1.12 bits per heavy atom. The van der Waals surface area contributed by atoms with Gasteiger partial charge in [0.1, 0.15) is 10.3 Å². The van der Waals surface area contributed by atoms with Gasteiger partial charge in [-0.15, -0.1) is 0 Å². The molecule has 1 atom stereocenters. The van der Waals surface area contributed by atoms with E-state index in [2.05, 4.69) is 14.8 Å². The molecule has 0 aliphatic carbocycles. The highest BCUT2D eigenvalue weighted by Gasteiger charge is 2.30. The number of carbonyl (C=O) groups is 1. The largest absolute Gasteiger partial charge is 0.347 e. The van der Waals surface area contributed by atoms with Crippen LogP contribution in [-0.2, 0) is 4.79 Å². The Hall–Kier alpha value is -1.69. The van der Waals surface area contributed by atoms with Crippen LogP contribution in [0, 0.1) is 5.92 Å². The Balaban J connectivity index is 1.47. The van der Waals surface area contributed by atoms with Gasteiger partial charge in [0.15, 0.2) is 5.13 Å². The highest BCUT2D eigenvalue weighted by Crippen LogP contribution is 2.31. The first-order valence-electron chi connectivity index (χ1n) is 9.06. The number of pyridine rings is 1. The fourth-order valence-electron chi connectivity index (χ4n) is 3.80. The van der Waals surface area contributed by atoms with Crippen LogP contribution in [0.15, 0.2) is 18.3 Å². The smallest absolute Gasteiger partial charge is 0.227 e. The second-order valence-electron chi connectivity index (χ2n) is 6.85. The molecule has 24 heavy (non-hydrogen) atoms. The van der Waals surface area contributed by atoms with Crippen LogP contribution in [0.5, 0.6) is 0 Å². The monoisotopic (exact) mass is 344 g/mol. The maximum atomic E-state index is 12.9. The molecule has 2 aliphatic rings. The van der Waals surface area contributed by atoms with Crippen LogP contribution in [0.1, 0.15) is 38.5 Å². The van der Waals surface area contributed by atoms with E-state index in [1.807, 2.05) is 18.3 Å². The number of carbonyl (C=O) groups excluding carboxylic acids is 1. The van der Waals surface area contributed by atoms with Crippen molar-refractivity contribution in [2.75, 3.05) is 31.1 Å². The maximum absolute atomic E-state index is 12.9. The summed E-state index contributed by atoms with van der Waals surface area (Å²) in [6.07, 6.45) is 8.73. The van der Waals surface area contributed by atoms with Gasteiger partial charge in [0, 0.05) is 32.4 Å². The van der Waals surface area contributed by atoms with Crippen molar-refractivity contribution in [1.82, 2.24) is 14.9 Å². The third-order valence-electron chi connectivity index (χ3n) is 5.11. The van der Waals surface area contributed by atoms with E-state index in [4.69, 9.17) is 4.98 Å². The van der Waals surface area contributed by atoms with Crippen LogP contribution >= 0.6 is 11.3 Å². The lowest BCUT2D eigenvalue weighted by Crippen LogP contribution is -2.45. The summed E-state index contributed by atoms with van der Waals surface area (Å²) in [5.41, 5.74) is 0.957. The third-order valence-corrected chi connectivity index (χ3v) is 6.15. The van der Waals surface area contributed by atoms with E-state index in [0.29, 0.717) is 5.91 Å². The van der Waals surface area contributed by atoms with Crippen molar-refractivity contribution >= 4 is 32.7 Å². The van der Waals surface area contributed by atoms with Gasteiger partial charge in [-0.05, 0) is 37.8 Å². The van der Waals surface area contributed by atoms with Crippen molar-refractivity contribution in [2.24, 2.45) is 5.92 Å². The van der Waals surface area contributed by atoms with Crippen molar-refractivity contribution in [2.45, 2.75) is 38.5 Å². The number of rotatable bonds is 2. The lowest BCUT2D eigenvalue weighted by molar-refractivity contribution is -0.135. The van der Waals surface area contributed by atoms with E-state index >= 15 is 0 Å². The number of nitrogens with zero attached hydrogens (tertiary/aromatic N) is 4. The van der Waals surface area contributed by atoms with Crippen molar-refractivity contribution in [3.8, 4) is 0 Å². The van der Waals surface area contributed by atoms with Crippen LogP contribution in [0.4, 0.5) is 5.13 Å². The van der Waals surface area contributed by atoms with Crippen molar-refractivity contribution in [3.63, 3.8) is 0 Å². The van der Waals surface area contributed by atoms with E-state index in [9.17, 15) is 4.79 Å². The van der Waals surface area contributed by atoms with Crippen LogP contribution < -0.4 is 4.90 Å². The van der Waals surface area contributed by atoms with Gasteiger partial charge in [0.25, 0.3) is 0 Å². The van der Waals surface area contributed by atoms with Crippen LogP contribution in [-0.4, -0.2) is 47.0 Å². The van der Waals surface area contributed by atoms with Gasteiger partial charge in [-0.2, -0.15) is 0 Å². The second-order valence-corrected chi connectivity index (χ2v) is 7.80. The minimum absolute atomic E-state index is 0.122. The van der Waals surface area contributed by atoms with E-state index in [0.717, 1.165) is 67.3 Å². The zero-order valence-corrected chi connectivity index (χ0v) is 14.8. The standard InChI is InChI=1S/C18H24N4OS/c23-17(21-10-3-1-2-4-11-21)14-7-6-12-22(13-14)18-20-15-8-5-9-19-16(15)24-18/h5,8-9,14H,1-4,6-7,10-13H2/t14-/m0/s1. The summed E-state index contributed by atoms with van der Waals surface area (Å²) >= 11 is 1.64. The zero-order chi connectivity index (χ0) is 16.4. The summed E-state index contributed by atoms with van der Waals surface area (Å²) in [7, 11) is 0. The number of amides is 1. The van der Waals surface area contributed by atoms with Gasteiger partial charge in [-0.1, -0.05) is 24.2 Å². The molecule has 0 radical (unpaired) electrons. The predicted octanol–water partition coefficient (Wildman–Crippen LogP) is 3.31. The summed E-state index contributed by atoms with van der Waals surface area (Å²) in [4.78, 5) is 27.4. The number of aromatic nitrogens is 2. The number of hydrogen-bond acceptors (Lipinski definition) is 5. The Morgan fingerprint density at radius 2 is 1.96 bits per heavy atom. The van der Waals surface area contributed by atoms with Crippen molar-refractivity contribution < 1.29 is 4.79 Å². The molecule has 6 heteroatoms. The molecule has 1 amide bonds. The molecule has 2 fully saturated rings. The summed E-state index contributed by atoms with van der Waals surface area (Å²) in [6, 6.07) is 3.93. The number of thiazole rings is 1. The second kappa shape index (κ2) is 7.05. The molecule has 0 bridgehead atoms. The molecule has 2 saturated heterocycles. The van der Waals surface area contributed by atoms with E-state index in [1.54, 1.807) is 11.3 Å². The molecule has 0 unspecified atom stereocenters. The van der Waals surface area contributed by atoms with Crippen molar-refractivity contribution in [1.29, 1.82) is 0 Å². The normalized spacial score (nSPS) is 22.6. The highest BCUT2D eigenvalue weighted by molar-refractivity contribution is 7.21. The Kier molecular flexibility index (Phi) is 4.65. The topological polar surface area (TPSA) is 49.3 Å². The molecule has 4 heterocycles. The summed E-state index contributed by atoms with van der Waals surface area (Å²) in [5, 5.41) is 1.01. The number of anilines is 1. The highest BCUT2D eigenvalue weighted by atomic mass is 32.1.